The van der Waals surface area contributed by atoms with Crippen LogP contribution in [-0.4, -0.2) is 18.3 Å². The van der Waals surface area contributed by atoms with Crippen LogP contribution in [0.25, 0.3) is 0 Å². The molecule has 2 rings (SSSR count). The van der Waals surface area contributed by atoms with Crippen LogP contribution in [0.15, 0.2) is 24.3 Å². The highest BCUT2D eigenvalue weighted by Gasteiger charge is 2.21. The Balaban J connectivity index is 1.85. The summed E-state index contributed by atoms with van der Waals surface area (Å²) in [5.74, 6) is 2.56. The molecule has 1 aromatic rings. The van der Waals surface area contributed by atoms with Crippen molar-refractivity contribution in [3.63, 3.8) is 0 Å². The number of hydrogen-bond donors (Lipinski definition) is 1. The van der Waals surface area contributed by atoms with E-state index in [1.807, 2.05) is 12.1 Å². The average Bonchev–Trinajstić information content (AvgIpc) is 2.47. The van der Waals surface area contributed by atoms with Crippen LogP contribution < -0.4 is 4.74 Å². The van der Waals surface area contributed by atoms with E-state index in [-0.39, 0.29) is 6.61 Å². The highest BCUT2D eigenvalue weighted by Crippen LogP contribution is 2.37. The molecule has 0 radical (unpaired) electrons. The second kappa shape index (κ2) is 7.54. The van der Waals surface area contributed by atoms with Crippen molar-refractivity contribution in [3.8, 4) is 5.75 Å². The van der Waals surface area contributed by atoms with Crippen LogP contribution in [0.2, 0.25) is 0 Å². The van der Waals surface area contributed by atoms with Gasteiger partial charge < -0.3 is 9.84 Å². The minimum Gasteiger partial charge on any atom is -0.491 e. The van der Waals surface area contributed by atoms with Gasteiger partial charge in [-0.3, -0.25) is 0 Å². The number of aliphatic hydroxyl groups excluding tert-OH is 1. The maximum Gasteiger partial charge on any atom is 0.119 e. The third-order valence-corrected chi connectivity index (χ3v) is 4.26. The summed E-state index contributed by atoms with van der Waals surface area (Å²) in [6.45, 7) is 2.74. The lowest BCUT2D eigenvalue weighted by Crippen LogP contribution is -2.13. The number of aliphatic hydroxyl groups is 1. The van der Waals surface area contributed by atoms with E-state index in [4.69, 9.17) is 9.84 Å². The first-order chi connectivity index (χ1) is 9.33. The predicted octanol–water partition coefficient (Wildman–Crippen LogP) is 4.13. The van der Waals surface area contributed by atoms with Crippen molar-refractivity contribution < 1.29 is 9.84 Å². The molecule has 0 aromatic heterocycles. The van der Waals surface area contributed by atoms with E-state index in [0.717, 1.165) is 17.6 Å². The van der Waals surface area contributed by atoms with E-state index in [1.54, 1.807) is 0 Å². The van der Waals surface area contributed by atoms with E-state index in [0.29, 0.717) is 6.61 Å². The first kappa shape index (κ1) is 14.4. The Kier molecular flexibility index (Phi) is 5.71. The molecule has 2 heteroatoms. The summed E-state index contributed by atoms with van der Waals surface area (Å²) < 4.78 is 5.40. The normalized spacial score (nSPS) is 23.3. The fourth-order valence-electron chi connectivity index (χ4n) is 3.19. The zero-order valence-corrected chi connectivity index (χ0v) is 12.0. The third-order valence-electron chi connectivity index (χ3n) is 4.26. The van der Waals surface area contributed by atoms with E-state index < -0.39 is 0 Å². The van der Waals surface area contributed by atoms with Crippen molar-refractivity contribution in [1.82, 2.24) is 0 Å². The lowest BCUT2D eigenvalue weighted by molar-refractivity contribution is 0.201. The highest BCUT2D eigenvalue weighted by molar-refractivity contribution is 5.29. The summed E-state index contributed by atoms with van der Waals surface area (Å²) in [5, 5.41) is 8.73. The zero-order valence-electron chi connectivity index (χ0n) is 12.0. The van der Waals surface area contributed by atoms with E-state index in [2.05, 4.69) is 19.1 Å². The zero-order chi connectivity index (χ0) is 13.5. The Labute approximate surface area is 116 Å². The van der Waals surface area contributed by atoms with Gasteiger partial charge >= 0.3 is 0 Å². The monoisotopic (exact) mass is 262 g/mol. The maximum absolute atomic E-state index is 8.73. The lowest BCUT2D eigenvalue weighted by atomic mass is 9.77. The molecule has 1 saturated carbocycles. The molecule has 0 heterocycles. The molecule has 0 saturated heterocycles. The van der Waals surface area contributed by atoms with Gasteiger partial charge in [0.2, 0.25) is 0 Å². The van der Waals surface area contributed by atoms with Gasteiger partial charge in [-0.1, -0.05) is 31.9 Å². The molecule has 1 aliphatic rings. The minimum atomic E-state index is 0.0726. The molecule has 1 aromatic carbocycles. The van der Waals surface area contributed by atoms with Gasteiger partial charge in [0.15, 0.2) is 0 Å². The second-order valence-corrected chi connectivity index (χ2v) is 5.65. The van der Waals surface area contributed by atoms with Crippen LogP contribution >= 0.6 is 0 Å². The molecule has 0 unspecified atom stereocenters. The molecule has 106 valence electrons. The average molecular weight is 262 g/mol. The van der Waals surface area contributed by atoms with E-state index >= 15 is 0 Å². The SMILES string of the molecule is CCCC1CCC(c2ccc(OCCO)cc2)CC1. The molecular formula is C17H26O2. The van der Waals surface area contributed by atoms with Crippen molar-refractivity contribution in [3.05, 3.63) is 29.8 Å². The Morgan fingerprint density at radius 2 is 1.79 bits per heavy atom. The Morgan fingerprint density at radius 1 is 1.11 bits per heavy atom. The maximum atomic E-state index is 8.73. The lowest BCUT2D eigenvalue weighted by Gasteiger charge is -2.28. The van der Waals surface area contributed by atoms with Gasteiger partial charge in [-0.2, -0.15) is 0 Å². The van der Waals surface area contributed by atoms with Gasteiger partial charge in [0.25, 0.3) is 0 Å². The summed E-state index contributed by atoms with van der Waals surface area (Å²) in [6.07, 6.45) is 8.18. The van der Waals surface area contributed by atoms with Gasteiger partial charge in [-0.25, -0.2) is 0 Å². The molecule has 1 aliphatic carbocycles. The highest BCUT2D eigenvalue weighted by atomic mass is 16.5. The van der Waals surface area contributed by atoms with Crippen LogP contribution in [-0.2, 0) is 0 Å². The molecule has 0 spiro atoms. The Morgan fingerprint density at radius 3 is 2.37 bits per heavy atom. The van der Waals surface area contributed by atoms with Crippen molar-refractivity contribution in [2.45, 2.75) is 51.4 Å². The van der Waals surface area contributed by atoms with E-state index in [1.165, 1.54) is 44.1 Å². The standard InChI is InChI=1S/C17H26O2/c1-2-3-14-4-6-15(7-5-14)16-8-10-17(11-9-16)19-13-12-18/h8-11,14-15,18H,2-7,12-13H2,1H3. The summed E-state index contributed by atoms with van der Waals surface area (Å²) in [7, 11) is 0. The second-order valence-electron chi connectivity index (χ2n) is 5.65. The van der Waals surface area contributed by atoms with Crippen molar-refractivity contribution in [2.75, 3.05) is 13.2 Å². The van der Waals surface area contributed by atoms with Crippen LogP contribution in [0.1, 0.15) is 56.9 Å². The first-order valence-corrected chi connectivity index (χ1v) is 7.67. The third kappa shape index (κ3) is 4.24. The van der Waals surface area contributed by atoms with Gasteiger partial charge in [0.1, 0.15) is 12.4 Å². The summed E-state index contributed by atoms with van der Waals surface area (Å²) in [5.41, 5.74) is 1.45. The molecule has 1 fully saturated rings. The fourth-order valence-corrected chi connectivity index (χ4v) is 3.19. The summed E-state index contributed by atoms with van der Waals surface area (Å²) in [6, 6.07) is 8.45. The van der Waals surface area contributed by atoms with Crippen LogP contribution in [0.3, 0.4) is 0 Å². The predicted molar refractivity (Wildman–Crippen MR) is 78.6 cm³/mol. The smallest absolute Gasteiger partial charge is 0.119 e. The minimum absolute atomic E-state index is 0.0726. The van der Waals surface area contributed by atoms with Crippen LogP contribution in [0, 0.1) is 5.92 Å². The van der Waals surface area contributed by atoms with Crippen molar-refractivity contribution >= 4 is 0 Å². The molecule has 1 N–H and O–H groups in total. The largest absolute Gasteiger partial charge is 0.491 e. The van der Waals surface area contributed by atoms with Gasteiger partial charge in [0.05, 0.1) is 6.61 Å². The molecular weight excluding hydrogens is 236 g/mol. The van der Waals surface area contributed by atoms with E-state index in [9.17, 15) is 0 Å². The fraction of sp³-hybridized carbons (Fsp3) is 0.647. The quantitative estimate of drug-likeness (QED) is 0.835. The number of hydrogen-bond acceptors (Lipinski definition) is 2. The Bertz CT molecular complexity index is 350. The first-order valence-electron chi connectivity index (χ1n) is 7.67. The van der Waals surface area contributed by atoms with Gasteiger partial charge in [-0.05, 0) is 55.2 Å². The van der Waals surface area contributed by atoms with Crippen molar-refractivity contribution in [1.29, 1.82) is 0 Å². The summed E-state index contributed by atoms with van der Waals surface area (Å²) >= 11 is 0. The van der Waals surface area contributed by atoms with Crippen molar-refractivity contribution in [2.24, 2.45) is 5.92 Å². The topological polar surface area (TPSA) is 29.5 Å². The molecule has 0 amide bonds. The molecule has 0 aliphatic heterocycles. The molecule has 0 atom stereocenters. The van der Waals surface area contributed by atoms with Crippen LogP contribution in [0.5, 0.6) is 5.75 Å². The molecule has 0 bridgehead atoms. The van der Waals surface area contributed by atoms with Crippen LogP contribution in [0.4, 0.5) is 0 Å². The molecule has 2 nitrogen and oxygen atoms in total. The Hall–Kier alpha value is -1.02. The number of ether oxygens (including phenoxy) is 1. The number of rotatable bonds is 6. The van der Waals surface area contributed by atoms with Gasteiger partial charge in [-0.15, -0.1) is 0 Å². The summed E-state index contributed by atoms with van der Waals surface area (Å²) in [4.78, 5) is 0. The number of benzene rings is 1. The van der Waals surface area contributed by atoms with Gasteiger partial charge in [0, 0.05) is 0 Å². The molecule has 19 heavy (non-hydrogen) atoms.